The average Bonchev–Trinajstić information content (AvgIpc) is 2.86. The molecule has 0 unspecified atom stereocenters. The predicted octanol–water partition coefficient (Wildman–Crippen LogP) is 1.91. The maximum absolute atomic E-state index is 12.8. The van der Waals surface area contributed by atoms with Crippen LogP contribution in [0.1, 0.15) is 18.1 Å². The second kappa shape index (κ2) is 6.40. The van der Waals surface area contributed by atoms with Crippen LogP contribution in [-0.4, -0.2) is 40.5 Å². The number of nitrogens with zero attached hydrogens (tertiary/aromatic N) is 2. The molecule has 0 aromatic heterocycles. The smallest absolute Gasteiger partial charge is 0.346 e. The standard InChI is InChI=1S/C18H17N3O5/c1-18(12-6-8-13(26-2)9-7-12)16(24)21(17(25)20-18)19-10-11-4-3-5-14(22)15(11)23/h3-10,22-23H,1-2H3,(H,20,25)/t18-/m0/s1. The summed E-state index contributed by atoms with van der Waals surface area (Å²) in [7, 11) is 1.53. The number of benzene rings is 2. The molecule has 3 rings (SSSR count). The van der Waals surface area contributed by atoms with Gasteiger partial charge in [-0.25, -0.2) is 4.79 Å². The summed E-state index contributed by atoms with van der Waals surface area (Å²) in [6.07, 6.45) is 1.13. The molecule has 3 amide bonds. The van der Waals surface area contributed by atoms with Gasteiger partial charge in [0.15, 0.2) is 11.5 Å². The van der Waals surface area contributed by atoms with E-state index in [-0.39, 0.29) is 17.1 Å². The van der Waals surface area contributed by atoms with E-state index in [1.54, 1.807) is 31.2 Å². The molecule has 8 nitrogen and oxygen atoms in total. The molecule has 26 heavy (non-hydrogen) atoms. The minimum atomic E-state index is -1.28. The van der Waals surface area contributed by atoms with Crippen LogP contribution in [-0.2, 0) is 10.3 Å². The number of urea groups is 1. The Morgan fingerprint density at radius 3 is 2.50 bits per heavy atom. The summed E-state index contributed by atoms with van der Waals surface area (Å²) in [6.45, 7) is 1.58. The summed E-state index contributed by atoms with van der Waals surface area (Å²) < 4.78 is 5.09. The number of aromatic hydroxyl groups is 2. The first-order chi connectivity index (χ1) is 12.4. The molecule has 8 heteroatoms. The van der Waals surface area contributed by atoms with Crippen LogP contribution in [0.3, 0.4) is 0 Å². The molecule has 1 heterocycles. The molecule has 0 aliphatic carbocycles. The number of phenolic OH excluding ortho intramolecular Hbond substituents is 2. The van der Waals surface area contributed by atoms with Crippen molar-refractivity contribution in [3.05, 3.63) is 53.6 Å². The lowest BCUT2D eigenvalue weighted by Gasteiger charge is -2.21. The number of ether oxygens (including phenoxy) is 1. The fourth-order valence-corrected chi connectivity index (χ4v) is 2.62. The van der Waals surface area contributed by atoms with Gasteiger partial charge in [-0.2, -0.15) is 5.10 Å². The Morgan fingerprint density at radius 1 is 1.15 bits per heavy atom. The van der Waals surface area contributed by atoms with Gasteiger partial charge in [-0.15, -0.1) is 5.01 Å². The van der Waals surface area contributed by atoms with Crippen molar-refractivity contribution >= 4 is 18.2 Å². The summed E-state index contributed by atoms with van der Waals surface area (Å²) in [5.74, 6) is -0.651. The quantitative estimate of drug-likeness (QED) is 0.441. The van der Waals surface area contributed by atoms with E-state index < -0.39 is 17.5 Å². The van der Waals surface area contributed by atoms with E-state index in [9.17, 15) is 19.8 Å². The Bertz CT molecular complexity index is 894. The minimum Gasteiger partial charge on any atom is -0.504 e. The molecule has 2 aromatic carbocycles. The number of carbonyl (C=O) groups is 2. The molecule has 2 aromatic rings. The molecule has 1 aliphatic heterocycles. The van der Waals surface area contributed by atoms with Crippen LogP contribution in [0.2, 0.25) is 0 Å². The molecule has 1 saturated heterocycles. The highest BCUT2D eigenvalue weighted by molar-refractivity contribution is 6.07. The van der Waals surface area contributed by atoms with Crippen molar-refractivity contribution in [3.63, 3.8) is 0 Å². The summed E-state index contributed by atoms with van der Waals surface area (Å²) >= 11 is 0. The van der Waals surface area contributed by atoms with Crippen molar-refractivity contribution in [2.45, 2.75) is 12.5 Å². The van der Waals surface area contributed by atoms with Gasteiger partial charge in [0.1, 0.15) is 11.3 Å². The molecular weight excluding hydrogens is 338 g/mol. The fraction of sp³-hybridized carbons (Fsp3) is 0.167. The first-order valence-electron chi connectivity index (χ1n) is 7.73. The van der Waals surface area contributed by atoms with E-state index in [4.69, 9.17) is 4.74 Å². The molecule has 0 radical (unpaired) electrons. The fourth-order valence-electron chi connectivity index (χ4n) is 2.62. The Labute approximate surface area is 149 Å². The number of hydrogen-bond acceptors (Lipinski definition) is 6. The summed E-state index contributed by atoms with van der Waals surface area (Å²) in [6, 6.07) is 10.4. The second-order valence-corrected chi connectivity index (χ2v) is 5.86. The molecule has 1 aliphatic rings. The van der Waals surface area contributed by atoms with E-state index in [0.29, 0.717) is 16.3 Å². The van der Waals surface area contributed by atoms with Crippen molar-refractivity contribution in [2.24, 2.45) is 5.10 Å². The van der Waals surface area contributed by atoms with E-state index in [0.717, 1.165) is 6.21 Å². The monoisotopic (exact) mass is 355 g/mol. The highest BCUT2D eigenvalue weighted by Gasteiger charge is 2.49. The van der Waals surface area contributed by atoms with Gasteiger partial charge in [0.2, 0.25) is 0 Å². The zero-order valence-electron chi connectivity index (χ0n) is 14.1. The van der Waals surface area contributed by atoms with Crippen LogP contribution >= 0.6 is 0 Å². The van der Waals surface area contributed by atoms with Gasteiger partial charge in [0, 0.05) is 5.56 Å². The third kappa shape index (κ3) is 2.81. The number of amides is 3. The van der Waals surface area contributed by atoms with Crippen molar-refractivity contribution < 1.29 is 24.5 Å². The van der Waals surface area contributed by atoms with Crippen LogP contribution in [0.15, 0.2) is 47.6 Å². The first kappa shape index (κ1) is 17.3. The lowest BCUT2D eigenvalue weighted by Crippen LogP contribution is -2.40. The van der Waals surface area contributed by atoms with Gasteiger partial charge >= 0.3 is 6.03 Å². The van der Waals surface area contributed by atoms with E-state index in [2.05, 4.69) is 10.4 Å². The molecular formula is C18H17N3O5. The Kier molecular flexibility index (Phi) is 4.25. The zero-order chi connectivity index (χ0) is 18.9. The number of phenols is 2. The number of rotatable bonds is 4. The first-order valence-corrected chi connectivity index (χ1v) is 7.73. The zero-order valence-corrected chi connectivity index (χ0v) is 14.1. The molecule has 134 valence electrons. The van der Waals surface area contributed by atoms with E-state index in [1.165, 1.54) is 25.3 Å². The number of para-hydroxylation sites is 1. The van der Waals surface area contributed by atoms with Gasteiger partial charge in [-0.05, 0) is 36.8 Å². The predicted molar refractivity (Wildman–Crippen MR) is 93.1 cm³/mol. The Hall–Kier alpha value is -3.55. The minimum absolute atomic E-state index is 0.170. The van der Waals surface area contributed by atoms with Crippen LogP contribution in [0.25, 0.3) is 0 Å². The normalized spacial score (nSPS) is 19.8. The molecule has 1 fully saturated rings. The lowest BCUT2D eigenvalue weighted by atomic mass is 9.92. The number of nitrogens with one attached hydrogen (secondary N) is 1. The second-order valence-electron chi connectivity index (χ2n) is 5.86. The average molecular weight is 355 g/mol. The third-order valence-electron chi connectivity index (χ3n) is 4.19. The summed E-state index contributed by atoms with van der Waals surface area (Å²) in [5, 5.41) is 26.4. The van der Waals surface area contributed by atoms with Crippen molar-refractivity contribution in [3.8, 4) is 17.2 Å². The highest BCUT2D eigenvalue weighted by atomic mass is 16.5. The van der Waals surface area contributed by atoms with Crippen molar-refractivity contribution in [2.75, 3.05) is 7.11 Å². The van der Waals surface area contributed by atoms with Crippen LogP contribution in [0.5, 0.6) is 17.2 Å². The SMILES string of the molecule is COc1ccc([C@]2(C)NC(=O)N(N=Cc3cccc(O)c3O)C2=O)cc1. The maximum atomic E-state index is 12.8. The topological polar surface area (TPSA) is 111 Å². The lowest BCUT2D eigenvalue weighted by molar-refractivity contribution is -0.131. The van der Waals surface area contributed by atoms with Crippen LogP contribution in [0, 0.1) is 0 Å². The number of carbonyl (C=O) groups excluding carboxylic acids is 2. The van der Waals surface area contributed by atoms with Crippen molar-refractivity contribution in [1.82, 2.24) is 10.3 Å². The number of imide groups is 1. The van der Waals surface area contributed by atoms with E-state index in [1.807, 2.05) is 0 Å². The van der Waals surface area contributed by atoms with Gasteiger partial charge in [-0.3, -0.25) is 4.79 Å². The maximum Gasteiger partial charge on any atom is 0.346 e. The largest absolute Gasteiger partial charge is 0.504 e. The molecule has 0 bridgehead atoms. The number of hydrazone groups is 1. The van der Waals surface area contributed by atoms with Gasteiger partial charge < -0.3 is 20.3 Å². The van der Waals surface area contributed by atoms with Crippen LogP contribution in [0.4, 0.5) is 4.79 Å². The Balaban J connectivity index is 1.88. The van der Waals surface area contributed by atoms with Crippen LogP contribution < -0.4 is 10.1 Å². The Morgan fingerprint density at radius 2 is 1.85 bits per heavy atom. The molecule has 3 N–H and O–H groups in total. The summed E-state index contributed by atoms with van der Waals surface area (Å²) in [5.41, 5.74) is -0.528. The van der Waals surface area contributed by atoms with Gasteiger partial charge in [0.25, 0.3) is 5.91 Å². The van der Waals surface area contributed by atoms with E-state index >= 15 is 0 Å². The third-order valence-corrected chi connectivity index (χ3v) is 4.19. The molecule has 0 spiro atoms. The summed E-state index contributed by atoms with van der Waals surface area (Å²) in [4.78, 5) is 25.0. The highest BCUT2D eigenvalue weighted by Crippen LogP contribution is 2.31. The molecule has 1 atom stereocenters. The van der Waals surface area contributed by atoms with Gasteiger partial charge in [-0.1, -0.05) is 18.2 Å². The number of hydrogen-bond donors (Lipinski definition) is 3. The van der Waals surface area contributed by atoms with Gasteiger partial charge in [0.05, 0.1) is 13.3 Å². The number of methoxy groups -OCH3 is 1. The van der Waals surface area contributed by atoms with Crippen molar-refractivity contribution in [1.29, 1.82) is 0 Å². The molecule has 0 saturated carbocycles.